The van der Waals surface area contributed by atoms with Crippen molar-refractivity contribution in [1.82, 2.24) is 15.0 Å². The number of carbonyl (C=O) groups is 2. The second-order valence-corrected chi connectivity index (χ2v) is 4.31. The fourth-order valence-corrected chi connectivity index (χ4v) is 2.01. The number of aromatic carboxylic acids is 2. The zero-order valence-corrected chi connectivity index (χ0v) is 10.6. The summed E-state index contributed by atoms with van der Waals surface area (Å²) in [5, 5.41) is 18.1. The summed E-state index contributed by atoms with van der Waals surface area (Å²) in [5.41, 5.74) is 1.00. The summed E-state index contributed by atoms with van der Waals surface area (Å²) >= 11 is 0. The van der Waals surface area contributed by atoms with Crippen molar-refractivity contribution in [3.63, 3.8) is 0 Å². The molecule has 0 aliphatic heterocycles. The Balaban J connectivity index is 2.21. The molecule has 2 heterocycles. The minimum absolute atomic E-state index is 0.240. The van der Waals surface area contributed by atoms with Crippen LogP contribution in [0.1, 0.15) is 21.0 Å². The van der Waals surface area contributed by atoms with E-state index in [1.54, 1.807) is 6.07 Å². The average Bonchev–Trinajstić information content (AvgIpc) is 2.90. The Hall–Kier alpha value is -3.22. The van der Waals surface area contributed by atoms with E-state index in [0.717, 1.165) is 5.52 Å². The molecule has 0 bridgehead atoms. The molecule has 21 heavy (non-hydrogen) atoms. The fraction of sp³-hybridized carbons (Fsp3) is 0. The number of rotatable bonds is 3. The predicted molar refractivity (Wildman–Crippen MR) is 73.2 cm³/mol. The Kier molecular flexibility index (Phi) is 2.87. The summed E-state index contributed by atoms with van der Waals surface area (Å²) in [6.45, 7) is 0. The molecule has 0 saturated heterocycles. The van der Waals surface area contributed by atoms with Gasteiger partial charge in [0.1, 0.15) is 11.5 Å². The van der Waals surface area contributed by atoms with E-state index in [2.05, 4.69) is 15.0 Å². The number of benzene rings is 1. The molecule has 0 aliphatic carbocycles. The maximum absolute atomic E-state index is 11.3. The number of carboxylic acid groups (broad SMARTS) is 2. The van der Waals surface area contributed by atoms with Gasteiger partial charge in [-0.1, -0.05) is 12.1 Å². The van der Waals surface area contributed by atoms with Crippen LogP contribution in [0, 0.1) is 0 Å². The van der Waals surface area contributed by atoms with Crippen LogP contribution in [0.2, 0.25) is 0 Å². The third kappa shape index (κ3) is 2.20. The molecule has 104 valence electrons. The van der Waals surface area contributed by atoms with Crippen LogP contribution in [0.3, 0.4) is 0 Å². The molecule has 7 heteroatoms. The Morgan fingerprint density at radius 2 is 1.71 bits per heavy atom. The van der Waals surface area contributed by atoms with Crippen molar-refractivity contribution in [3.05, 3.63) is 47.8 Å². The first kappa shape index (κ1) is 12.8. The number of nitrogens with zero attached hydrogens (tertiary/aromatic N) is 2. The van der Waals surface area contributed by atoms with E-state index in [1.165, 1.54) is 12.1 Å². The Bertz CT molecular complexity index is 837. The smallest absolute Gasteiger partial charge is 0.355 e. The van der Waals surface area contributed by atoms with Gasteiger partial charge >= 0.3 is 11.9 Å². The van der Waals surface area contributed by atoms with Gasteiger partial charge in [0.25, 0.3) is 0 Å². The second-order valence-electron chi connectivity index (χ2n) is 4.31. The number of nitrogens with one attached hydrogen (secondary N) is 1. The van der Waals surface area contributed by atoms with E-state index in [0.29, 0.717) is 11.3 Å². The van der Waals surface area contributed by atoms with Gasteiger partial charge in [0.15, 0.2) is 5.69 Å². The third-order valence-corrected chi connectivity index (χ3v) is 2.96. The third-order valence-electron chi connectivity index (χ3n) is 2.96. The highest BCUT2D eigenvalue weighted by Gasteiger charge is 2.19. The van der Waals surface area contributed by atoms with Crippen LogP contribution in [0.4, 0.5) is 0 Å². The molecule has 0 unspecified atom stereocenters. The zero-order chi connectivity index (χ0) is 15.0. The normalized spacial score (nSPS) is 10.7. The fourth-order valence-electron chi connectivity index (χ4n) is 2.01. The number of aromatic nitrogens is 3. The van der Waals surface area contributed by atoms with Crippen molar-refractivity contribution in [3.8, 4) is 11.4 Å². The van der Waals surface area contributed by atoms with Crippen molar-refractivity contribution in [1.29, 1.82) is 0 Å². The molecular formula is C14H9N3O4. The van der Waals surface area contributed by atoms with Crippen LogP contribution >= 0.6 is 0 Å². The maximum Gasteiger partial charge on any atom is 0.355 e. The topological polar surface area (TPSA) is 116 Å². The molecule has 0 aliphatic rings. The molecule has 7 nitrogen and oxygen atoms in total. The lowest BCUT2D eigenvalue weighted by Crippen LogP contribution is -2.09. The van der Waals surface area contributed by atoms with Crippen LogP contribution in [0.5, 0.6) is 0 Å². The summed E-state index contributed by atoms with van der Waals surface area (Å²) in [6.07, 6.45) is 0. The standard InChI is InChI=1S/C14H9N3O4/c18-13(19)10-6-5-7(11(15-10)14(20)21)12-16-8-3-1-2-4-9(8)17-12/h1-6H,(H,16,17)(H,18,19)(H,20,21). The molecule has 1 aromatic carbocycles. The minimum atomic E-state index is -1.31. The minimum Gasteiger partial charge on any atom is -0.477 e. The van der Waals surface area contributed by atoms with Crippen molar-refractivity contribution in [2.24, 2.45) is 0 Å². The number of carboxylic acids is 2. The molecule has 0 saturated carbocycles. The number of imidazole rings is 1. The predicted octanol–water partition coefficient (Wildman–Crippen LogP) is 2.02. The first-order valence-corrected chi connectivity index (χ1v) is 5.99. The summed E-state index contributed by atoms with van der Waals surface area (Å²) in [5.74, 6) is -2.26. The maximum atomic E-state index is 11.3. The number of hydrogen-bond acceptors (Lipinski definition) is 4. The number of pyridine rings is 1. The first-order valence-electron chi connectivity index (χ1n) is 5.99. The zero-order valence-electron chi connectivity index (χ0n) is 10.6. The largest absolute Gasteiger partial charge is 0.477 e. The highest BCUT2D eigenvalue weighted by atomic mass is 16.4. The quantitative estimate of drug-likeness (QED) is 0.677. The van der Waals surface area contributed by atoms with Crippen molar-refractivity contribution in [2.75, 3.05) is 0 Å². The lowest BCUT2D eigenvalue weighted by molar-refractivity contribution is 0.0685. The number of para-hydroxylation sites is 2. The Morgan fingerprint density at radius 3 is 2.38 bits per heavy atom. The summed E-state index contributed by atoms with van der Waals surface area (Å²) in [4.78, 5) is 33.1. The van der Waals surface area contributed by atoms with E-state index in [1.807, 2.05) is 18.2 Å². The number of H-pyrrole nitrogens is 1. The molecule has 0 atom stereocenters. The average molecular weight is 283 g/mol. The van der Waals surface area contributed by atoms with E-state index < -0.39 is 11.9 Å². The van der Waals surface area contributed by atoms with Crippen LogP contribution in [-0.4, -0.2) is 37.1 Å². The van der Waals surface area contributed by atoms with Gasteiger partial charge in [-0.2, -0.15) is 0 Å². The molecule has 0 radical (unpaired) electrons. The van der Waals surface area contributed by atoms with Gasteiger partial charge in [0, 0.05) is 0 Å². The van der Waals surface area contributed by atoms with E-state index in [4.69, 9.17) is 5.11 Å². The van der Waals surface area contributed by atoms with Gasteiger partial charge in [-0.15, -0.1) is 0 Å². The highest BCUT2D eigenvalue weighted by molar-refractivity contribution is 5.96. The molecule has 0 spiro atoms. The first-order chi connectivity index (χ1) is 10.1. The lowest BCUT2D eigenvalue weighted by atomic mass is 10.1. The van der Waals surface area contributed by atoms with Crippen LogP contribution in [-0.2, 0) is 0 Å². The van der Waals surface area contributed by atoms with Gasteiger partial charge in [-0.05, 0) is 24.3 Å². The van der Waals surface area contributed by atoms with Gasteiger partial charge in [-0.3, -0.25) is 0 Å². The monoisotopic (exact) mass is 283 g/mol. The SMILES string of the molecule is O=C(O)c1ccc(-c2nc3ccccc3[nH]2)c(C(=O)O)n1. The lowest BCUT2D eigenvalue weighted by Gasteiger charge is -2.03. The molecule has 3 rings (SSSR count). The summed E-state index contributed by atoms with van der Waals surface area (Å²) in [7, 11) is 0. The van der Waals surface area contributed by atoms with Crippen molar-refractivity contribution >= 4 is 23.0 Å². The van der Waals surface area contributed by atoms with Gasteiger partial charge in [0.05, 0.1) is 16.6 Å². The van der Waals surface area contributed by atoms with Gasteiger partial charge < -0.3 is 15.2 Å². The Morgan fingerprint density at radius 1 is 0.952 bits per heavy atom. The molecule has 3 N–H and O–H groups in total. The summed E-state index contributed by atoms with van der Waals surface area (Å²) in [6, 6.07) is 9.88. The molecule has 0 amide bonds. The number of hydrogen-bond donors (Lipinski definition) is 3. The second kappa shape index (κ2) is 4.71. The molecule has 2 aromatic heterocycles. The van der Waals surface area contributed by atoms with E-state index in [9.17, 15) is 14.7 Å². The van der Waals surface area contributed by atoms with E-state index in [-0.39, 0.29) is 17.0 Å². The number of aromatic amines is 1. The molecular weight excluding hydrogens is 274 g/mol. The number of fused-ring (bicyclic) bond motifs is 1. The molecule has 0 fully saturated rings. The van der Waals surface area contributed by atoms with E-state index >= 15 is 0 Å². The van der Waals surface area contributed by atoms with Crippen LogP contribution in [0.25, 0.3) is 22.4 Å². The molecule has 3 aromatic rings. The Labute approximate surface area is 117 Å². The van der Waals surface area contributed by atoms with Gasteiger partial charge in [0.2, 0.25) is 0 Å². The van der Waals surface area contributed by atoms with Crippen molar-refractivity contribution < 1.29 is 19.8 Å². The van der Waals surface area contributed by atoms with Crippen LogP contribution in [0.15, 0.2) is 36.4 Å². The van der Waals surface area contributed by atoms with Crippen LogP contribution < -0.4 is 0 Å². The van der Waals surface area contributed by atoms with Crippen molar-refractivity contribution in [2.45, 2.75) is 0 Å². The summed E-state index contributed by atoms with van der Waals surface area (Å²) < 4.78 is 0. The highest BCUT2D eigenvalue weighted by Crippen LogP contribution is 2.23. The van der Waals surface area contributed by atoms with Gasteiger partial charge in [-0.25, -0.2) is 19.6 Å².